The van der Waals surface area contributed by atoms with E-state index in [9.17, 15) is 0 Å². The molecule has 9 unspecified atom stereocenters. The highest BCUT2D eigenvalue weighted by atomic mass is 31.0. The quantitative estimate of drug-likeness (QED) is 0.431. The first-order valence-corrected chi connectivity index (χ1v) is 10.7. The van der Waals surface area contributed by atoms with Gasteiger partial charge in [0.05, 0.1) is 0 Å². The lowest BCUT2D eigenvalue weighted by Crippen LogP contribution is -2.30. The summed E-state index contributed by atoms with van der Waals surface area (Å²) in [7, 11) is 3.22. The molecule has 0 radical (unpaired) electrons. The molecule has 2 fully saturated rings. The largest absolute Gasteiger partial charge is 0.131 e. The summed E-state index contributed by atoms with van der Waals surface area (Å²) in [6.45, 7) is 14.8. The Morgan fingerprint density at radius 3 is 2.09 bits per heavy atom. The van der Waals surface area contributed by atoms with E-state index in [2.05, 4.69) is 50.8 Å². The summed E-state index contributed by atoms with van der Waals surface area (Å²) >= 11 is 0. The maximum Gasteiger partial charge on any atom is -0.0119 e. The molecule has 22 heavy (non-hydrogen) atoms. The Hall–Kier alpha value is 0.430. The van der Waals surface area contributed by atoms with Crippen LogP contribution >= 0.6 is 9.24 Å². The topological polar surface area (TPSA) is 0 Å². The molecule has 0 aliphatic heterocycles. The van der Waals surface area contributed by atoms with Crippen LogP contribution in [0.5, 0.6) is 0 Å². The third-order valence-electron chi connectivity index (χ3n) is 7.49. The molecule has 1 heteroatoms. The van der Waals surface area contributed by atoms with Crippen LogP contribution in [0.25, 0.3) is 0 Å². The van der Waals surface area contributed by atoms with Gasteiger partial charge in [0.15, 0.2) is 0 Å². The summed E-state index contributed by atoms with van der Waals surface area (Å²) in [4.78, 5) is 0. The summed E-state index contributed by atoms with van der Waals surface area (Å²) in [5.41, 5.74) is 0. The Balaban J connectivity index is 2.16. The number of hydrogen-bond donors (Lipinski definition) is 0. The maximum absolute atomic E-state index is 3.22. The Bertz CT molecular complexity index is 352. The van der Waals surface area contributed by atoms with Gasteiger partial charge < -0.3 is 0 Å². The SMILES string of the molecule is CCCC1CC(CC)C(C(C)CC)C1C(C)CC1(P)CC1C. The van der Waals surface area contributed by atoms with Gasteiger partial charge in [0, 0.05) is 0 Å². The van der Waals surface area contributed by atoms with Crippen LogP contribution in [0.4, 0.5) is 0 Å². The third kappa shape index (κ3) is 3.74. The van der Waals surface area contributed by atoms with Gasteiger partial charge in [-0.1, -0.05) is 67.2 Å². The van der Waals surface area contributed by atoms with E-state index in [1.54, 1.807) is 0 Å². The lowest BCUT2D eigenvalue weighted by molar-refractivity contribution is 0.131. The highest BCUT2D eigenvalue weighted by molar-refractivity contribution is 7.19. The number of hydrogen-bond acceptors (Lipinski definition) is 0. The lowest BCUT2D eigenvalue weighted by Gasteiger charge is -2.37. The second-order valence-electron chi connectivity index (χ2n) is 9.01. The fraction of sp³-hybridized carbons (Fsp3) is 1.00. The maximum atomic E-state index is 3.22. The molecule has 0 heterocycles. The van der Waals surface area contributed by atoms with Crippen molar-refractivity contribution in [2.75, 3.05) is 0 Å². The van der Waals surface area contributed by atoms with Crippen LogP contribution in [0.15, 0.2) is 0 Å². The van der Waals surface area contributed by atoms with Crippen molar-refractivity contribution >= 4 is 9.24 Å². The van der Waals surface area contributed by atoms with Crippen molar-refractivity contribution in [3.05, 3.63) is 0 Å². The molecule has 0 aromatic heterocycles. The minimum Gasteiger partial charge on any atom is -0.131 e. The highest BCUT2D eigenvalue weighted by Crippen LogP contribution is 2.59. The van der Waals surface area contributed by atoms with E-state index in [1.807, 2.05) is 0 Å². The first kappa shape index (κ1) is 18.8. The third-order valence-corrected chi connectivity index (χ3v) is 8.53. The standard InChI is InChI=1S/C21H41P/c1-7-10-18-11-17(9-3)19(14(4)8-2)20(18)15(5)12-21(22)13-16(21)6/h14-20H,7-13,22H2,1-6H3. The van der Waals surface area contributed by atoms with Gasteiger partial charge in [-0.2, -0.15) is 0 Å². The van der Waals surface area contributed by atoms with E-state index < -0.39 is 0 Å². The molecule has 130 valence electrons. The monoisotopic (exact) mass is 324 g/mol. The van der Waals surface area contributed by atoms with Crippen molar-refractivity contribution in [3.63, 3.8) is 0 Å². The Kier molecular flexibility index (Phi) is 6.44. The van der Waals surface area contributed by atoms with Crippen molar-refractivity contribution in [3.8, 4) is 0 Å². The van der Waals surface area contributed by atoms with E-state index in [1.165, 1.54) is 44.9 Å². The van der Waals surface area contributed by atoms with Gasteiger partial charge in [0.1, 0.15) is 0 Å². The molecule has 0 aromatic carbocycles. The predicted octanol–water partition coefficient (Wildman–Crippen LogP) is 6.79. The fourth-order valence-electron chi connectivity index (χ4n) is 5.94. The van der Waals surface area contributed by atoms with Crippen molar-refractivity contribution in [1.29, 1.82) is 0 Å². The second-order valence-corrected chi connectivity index (χ2v) is 10.2. The zero-order chi connectivity index (χ0) is 16.5. The van der Waals surface area contributed by atoms with Crippen LogP contribution in [-0.2, 0) is 0 Å². The van der Waals surface area contributed by atoms with Gasteiger partial charge in [-0.05, 0) is 65.8 Å². The van der Waals surface area contributed by atoms with Gasteiger partial charge in [0.2, 0.25) is 0 Å². The van der Waals surface area contributed by atoms with E-state index in [0.29, 0.717) is 5.16 Å². The molecular formula is C21H41P. The van der Waals surface area contributed by atoms with E-state index in [0.717, 1.165) is 41.4 Å². The predicted molar refractivity (Wildman–Crippen MR) is 103 cm³/mol. The summed E-state index contributed by atoms with van der Waals surface area (Å²) in [6.07, 6.45) is 10.0. The minimum absolute atomic E-state index is 0.598. The average Bonchev–Trinajstić information content (AvgIpc) is 2.91. The Labute approximate surface area is 142 Å². The normalized spacial score (nSPS) is 44.0. The van der Waals surface area contributed by atoms with Crippen molar-refractivity contribution < 1.29 is 0 Å². The highest BCUT2D eigenvalue weighted by Gasteiger charge is 2.51. The first-order chi connectivity index (χ1) is 10.4. The van der Waals surface area contributed by atoms with Crippen LogP contribution in [0.3, 0.4) is 0 Å². The zero-order valence-corrected chi connectivity index (χ0v) is 17.2. The average molecular weight is 325 g/mol. The van der Waals surface area contributed by atoms with Gasteiger partial charge in [-0.15, -0.1) is 9.24 Å². The van der Waals surface area contributed by atoms with Crippen LogP contribution in [0.1, 0.15) is 86.5 Å². The van der Waals surface area contributed by atoms with Crippen LogP contribution in [0.2, 0.25) is 0 Å². The Morgan fingerprint density at radius 1 is 1.05 bits per heavy atom. The van der Waals surface area contributed by atoms with E-state index >= 15 is 0 Å². The fourth-order valence-corrected chi connectivity index (χ4v) is 6.67. The van der Waals surface area contributed by atoms with Gasteiger partial charge >= 0.3 is 0 Å². The second kappa shape index (κ2) is 7.55. The molecule has 0 saturated heterocycles. The minimum atomic E-state index is 0.598. The molecule has 0 amide bonds. The smallest absolute Gasteiger partial charge is 0.0119 e. The van der Waals surface area contributed by atoms with E-state index in [-0.39, 0.29) is 0 Å². The van der Waals surface area contributed by atoms with Crippen molar-refractivity contribution in [2.24, 2.45) is 41.4 Å². The molecule has 9 atom stereocenters. The molecule has 2 aliphatic rings. The zero-order valence-electron chi connectivity index (χ0n) is 16.1. The summed E-state index contributed by atoms with van der Waals surface area (Å²) < 4.78 is 0. The molecule has 0 N–H and O–H groups in total. The molecule has 0 bridgehead atoms. The molecule has 0 aromatic rings. The Morgan fingerprint density at radius 2 is 1.64 bits per heavy atom. The summed E-state index contributed by atoms with van der Waals surface area (Å²) in [5, 5.41) is 0.598. The molecule has 0 nitrogen and oxygen atoms in total. The molecule has 2 saturated carbocycles. The number of rotatable bonds is 8. The van der Waals surface area contributed by atoms with Crippen LogP contribution in [-0.4, -0.2) is 5.16 Å². The molecule has 2 aliphatic carbocycles. The first-order valence-electron chi connectivity index (χ1n) is 10.2. The van der Waals surface area contributed by atoms with Crippen molar-refractivity contribution in [2.45, 2.75) is 91.6 Å². The van der Waals surface area contributed by atoms with Crippen LogP contribution in [0, 0.1) is 41.4 Å². The van der Waals surface area contributed by atoms with E-state index in [4.69, 9.17) is 0 Å². The summed E-state index contributed by atoms with van der Waals surface area (Å²) in [5.74, 6) is 6.75. The molecular weight excluding hydrogens is 283 g/mol. The van der Waals surface area contributed by atoms with Gasteiger partial charge in [-0.25, -0.2) is 0 Å². The summed E-state index contributed by atoms with van der Waals surface area (Å²) in [6, 6.07) is 0. The lowest BCUT2D eigenvalue weighted by atomic mass is 9.69. The van der Waals surface area contributed by atoms with Gasteiger partial charge in [-0.3, -0.25) is 0 Å². The molecule has 0 spiro atoms. The molecule has 2 rings (SSSR count). The van der Waals surface area contributed by atoms with Crippen LogP contribution < -0.4 is 0 Å². The van der Waals surface area contributed by atoms with Gasteiger partial charge in [0.25, 0.3) is 0 Å². The van der Waals surface area contributed by atoms with Crippen molar-refractivity contribution in [1.82, 2.24) is 0 Å².